The zero-order valence-electron chi connectivity index (χ0n) is 11.6. The molecule has 0 radical (unpaired) electrons. The first-order chi connectivity index (χ1) is 9.52. The normalized spacial score (nSPS) is 15.2. The molecular formula is C13H19N3O2S2. The molecule has 7 heteroatoms. The second-order valence-electron chi connectivity index (χ2n) is 4.98. The maximum Gasteiger partial charge on any atom is 0.264 e. The maximum absolute atomic E-state index is 12.6. The molecule has 1 aliphatic rings. The van der Waals surface area contributed by atoms with Crippen LogP contribution in [0.15, 0.2) is 11.2 Å². The summed E-state index contributed by atoms with van der Waals surface area (Å²) in [6.45, 7) is 3.99. The van der Waals surface area contributed by atoms with Crippen molar-refractivity contribution in [1.29, 1.82) is 0 Å². The fraction of sp³-hybridized carbons (Fsp3) is 0.538. The van der Waals surface area contributed by atoms with Gasteiger partial charge < -0.3 is 15.8 Å². The summed E-state index contributed by atoms with van der Waals surface area (Å²) in [5, 5.41) is 11.6. The highest BCUT2D eigenvalue weighted by Crippen LogP contribution is 2.32. The fourth-order valence-electron chi connectivity index (χ4n) is 2.09. The molecule has 110 valence electrons. The Morgan fingerprint density at radius 1 is 1.60 bits per heavy atom. The molecule has 1 amide bonds. The molecule has 0 saturated heterocycles. The zero-order chi connectivity index (χ0) is 14.7. The number of carbonyl (C=O) groups is 1. The van der Waals surface area contributed by atoms with Crippen molar-refractivity contribution in [2.75, 3.05) is 12.3 Å². The predicted octanol–water partition coefficient (Wildman–Crippen LogP) is 2.13. The standard InChI is InChI=1S/C13H19N3O2S2/c1-8(2)16(6-12(14)15-18)13(17)11-5-9-7-19-4-3-10(9)20-11/h5,8,18H,3-4,6-7H2,1-2H3,(H2,14,15). The van der Waals surface area contributed by atoms with Crippen LogP contribution < -0.4 is 5.73 Å². The number of nitrogens with two attached hydrogens (primary N) is 1. The number of aryl methyl sites for hydroxylation is 1. The van der Waals surface area contributed by atoms with Gasteiger partial charge in [-0.15, -0.1) is 11.3 Å². The highest BCUT2D eigenvalue weighted by atomic mass is 32.2. The zero-order valence-corrected chi connectivity index (χ0v) is 13.3. The number of thiophene rings is 1. The van der Waals surface area contributed by atoms with E-state index in [1.54, 1.807) is 16.2 Å². The second kappa shape index (κ2) is 6.49. The highest BCUT2D eigenvalue weighted by molar-refractivity contribution is 7.98. The van der Waals surface area contributed by atoms with Crippen LogP contribution in [0, 0.1) is 0 Å². The van der Waals surface area contributed by atoms with Gasteiger partial charge in [0.25, 0.3) is 5.91 Å². The minimum atomic E-state index is -0.0454. The molecule has 0 unspecified atom stereocenters. The molecule has 0 spiro atoms. The summed E-state index contributed by atoms with van der Waals surface area (Å²) >= 11 is 3.48. The van der Waals surface area contributed by atoms with Crippen molar-refractivity contribution in [3.05, 3.63) is 21.4 Å². The Hall–Kier alpha value is -1.21. The van der Waals surface area contributed by atoms with Crippen molar-refractivity contribution in [1.82, 2.24) is 4.90 Å². The van der Waals surface area contributed by atoms with Gasteiger partial charge in [0.2, 0.25) is 0 Å². The molecule has 2 heterocycles. The molecule has 5 nitrogen and oxygen atoms in total. The summed E-state index contributed by atoms with van der Waals surface area (Å²) in [5.41, 5.74) is 6.81. The van der Waals surface area contributed by atoms with E-state index in [0.29, 0.717) is 0 Å². The number of amides is 1. The van der Waals surface area contributed by atoms with E-state index >= 15 is 0 Å². The Kier molecular flexibility index (Phi) is 4.93. The lowest BCUT2D eigenvalue weighted by Gasteiger charge is -2.25. The summed E-state index contributed by atoms with van der Waals surface area (Å²) in [7, 11) is 0. The van der Waals surface area contributed by atoms with Crippen LogP contribution in [-0.2, 0) is 12.2 Å². The van der Waals surface area contributed by atoms with Gasteiger partial charge in [0.15, 0.2) is 5.84 Å². The van der Waals surface area contributed by atoms with E-state index in [1.807, 2.05) is 31.7 Å². The van der Waals surface area contributed by atoms with Gasteiger partial charge in [-0.05, 0) is 37.7 Å². The van der Waals surface area contributed by atoms with Crippen molar-refractivity contribution < 1.29 is 10.0 Å². The SMILES string of the molecule is CC(C)N(CC(N)=NO)C(=O)c1cc2c(s1)CCSC2. The lowest BCUT2D eigenvalue weighted by atomic mass is 10.2. The monoisotopic (exact) mass is 313 g/mol. The molecule has 2 rings (SSSR count). The average molecular weight is 313 g/mol. The Balaban J connectivity index is 2.20. The first-order valence-electron chi connectivity index (χ1n) is 6.49. The number of carbonyl (C=O) groups excluding carboxylic acids is 1. The van der Waals surface area contributed by atoms with E-state index in [0.717, 1.165) is 22.8 Å². The first kappa shape index (κ1) is 15.2. The average Bonchev–Trinajstić information content (AvgIpc) is 2.87. The molecule has 1 aliphatic heterocycles. The number of fused-ring (bicyclic) bond motifs is 1. The van der Waals surface area contributed by atoms with Crippen molar-refractivity contribution in [2.45, 2.75) is 32.1 Å². The lowest BCUT2D eigenvalue weighted by Crippen LogP contribution is -2.42. The molecule has 1 aromatic heterocycles. The van der Waals surface area contributed by atoms with Crippen molar-refractivity contribution in [2.24, 2.45) is 10.9 Å². The number of hydrogen-bond acceptors (Lipinski definition) is 5. The quantitative estimate of drug-likeness (QED) is 0.386. The largest absolute Gasteiger partial charge is 0.409 e. The topological polar surface area (TPSA) is 78.9 Å². The molecule has 0 aromatic carbocycles. The maximum atomic E-state index is 12.6. The number of rotatable bonds is 4. The van der Waals surface area contributed by atoms with E-state index in [1.165, 1.54) is 10.4 Å². The van der Waals surface area contributed by atoms with Gasteiger partial charge in [0, 0.05) is 16.7 Å². The molecule has 1 aromatic rings. The van der Waals surface area contributed by atoms with Crippen LogP contribution in [0.1, 0.15) is 34.0 Å². The molecule has 0 aliphatic carbocycles. The highest BCUT2D eigenvalue weighted by Gasteiger charge is 2.24. The molecule has 0 atom stereocenters. The van der Waals surface area contributed by atoms with Gasteiger partial charge in [-0.2, -0.15) is 11.8 Å². The molecule has 3 N–H and O–H groups in total. The Bertz CT molecular complexity index is 502. The van der Waals surface area contributed by atoms with Crippen LogP contribution in [0.25, 0.3) is 0 Å². The van der Waals surface area contributed by atoms with Crippen molar-refractivity contribution in [3.8, 4) is 0 Å². The van der Waals surface area contributed by atoms with Crippen molar-refractivity contribution >= 4 is 34.8 Å². The van der Waals surface area contributed by atoms with Crippen LogP contribution in [0.5, 0.6) is 0 Å². The van der Waals surface area contributed by atoms with Crippen LogP contribution in [-0.4, -0.2) is 40.2 Å². The van der Waals surface area contributed by atoms with Gasteiger partial charge >= 0.3 is 0 Å². The van der Waals surface area contributed by atoms with Gasteiger partial charge in [-0.3, -0.25) is 4.79 Å². The molecule has 0 fully saturated rings. The van der Waals surface area contributed by atoms with Crippen LogP contribution in [0.3, 0.4) is 0 Å². The minimum Gasteiger partial charge on any atom is -0.409 e. The van der Waals surface area contributed by atoms with E-state index in [4.69, 9.17) is 10.9 Å². The molecular weight excluding hydrogens is 294 g/mol. The summed E-state index contributed by atoms with van der Waals surface area (Å²) < 4.78 is 0. The molecule has 0 bridgehead atoms. The molecule has 0 saturated carbocycles. The van der Waals surface area contributed by atoms with E-state index in [-0.39, 0.29) is 24.3 Å². The van der Waals surface area contributed by atoms with E-state index < -0.39 is 0 Å². The number of amidine groups is 1. The summed E-state index contributed by atoms with van der Waals surface area (Å²) in [6, 6.07) is 1.99. The smallest absolute Gasteiger partial charge is 0.264 e. The Labute approximate surface area is 126 Å². The lowest BCUT2D eigenvalue weighted by molar-refractivity contribution is 0.0739. The summed E-state index contributed by atoms with van der Waals surface area (Å²) in [4.78, 5) is 16.3. The number of oxime groups is 1. The predicted molar refractivity (Wildman–Crippen MR) is 83.8 cm³/mol. The van der Waals surface area contributed by atoms with Gasteiger partial charge in [-0.1, -0.05) is 5.16 Å². The minimum absolute atomic E-state index is 0.00342. The summed E-state index contributed by atoms with van der Waals surface area (Å²) in [6.07, 6.45) is 1.04. The first-order valence-corrected chi connectivity index (χ1v) is 8.46. The number of nitrogens with zero attached hydrogens (tertiary/aromatic N) is 2. The van der Waals surface area contributed by atoms with Crippen LogP contribution in [0.4, 0.5) is 0 Å². The Morgan fingerprint density at radius 3 is 2.95 bits per heavy atom. The van der Waals surface area contributed by atoms with Crippen LogP contribution in [0.2, 0.25) is 0 Å². The van der Waals surface area contributed by atoms with Gasteiger partial charge in [-0.25, -0.2) is 0 Å². The van der Waals surface area contributed by atoms with E-state index in [2.05, 4.69) is 5.16 Å². The number of hydrogen-bond donors (Lipinski definition) is 2. The van der Waals surface area contributed by atoms with Crippen molar-refractivity contribution in [3.63, 3.8) is 0 Å². The summed E-state index contributed by atoms with van der Waals surface area (Å²) in [5.74, 6) is 2.11. The molecule has 20 heavy (non-hydrogen) atoms. The van der Waals surface area contributed by atoms with Crippen LogP contribution >= 0.6 is 23.1 Å². The van der Waals surface area contributed by atoms with Gasteiger partial charge in [0.1, 0.15) is 0 Å². The second-order valence-corrected chi connectivity index (χ2v) is 7.22. The third-order valence-electron chi connectivity index (χ3n) is 3.18. The van der Waals surface area contributed by atoms with Gasteiger partial charge in [0.05, 0.1) is 11.4 Å². The van der Waals surface area contributed by atoms with E-state index in [9.17, 15) is 4.79 Å². The Morgan fingerprint density at radius 2 is 2.35 bits per heavy atom. The number of thioether (sulfide) groups is 1. The third kappa shape index (κ3) is 3.27. The fourth-order valence-corrected chi connectivity index (χ4v) is 4.42. The third-order valence-corrected chi connectivity index (χ3v) is 5.42.